The highest BCUT2D eigenvalue weighted by molar-refractivity contribution is 6.30. The smallest absolute Gasteiger partial charge is 0.319 e. The zero-order chi connectivity index (χ0) is 20.1. The second-order valence-electron chi connectivity index (χ2n) is 7.06. The molecular weight excluding hydrogens is 386 g/mol. The second kappa shape index (κ2) is 9.56. The summed E-state index contributed by atoms with van der Waals surface area (Å²) in [5.41, 5.74) is 0.572. The number of carbonyl (C=O) groups is 2. The number of urea groups is 1. The molecule has 3 amide bonds. The Morgan fingerprint density at radius 1 is 1.29 bits per heavy atom. The maximum absolute atomic E-state index is 12.0. The van der Waals surface area contributed by atoms with E-state index in [4.69, 9.17) is 21.1 Å². The van der Waals surface area contributed by atoms with Crippen molar-refractivity contribution in [3.63, 3.8) is 0 Å². The van der Waals surface area contributed by atoms with E-state index in [-0.39, 0.29) is 31.1 Å². The minimum Gasteiger partial charge on any atom is -0.388 e. The average molecular weight is 412 g/mol. The van der Waals surface area contributed by atoms with Crippen LogP contribution in [0.3, 0.4) is 0 Å². The van der Waals surface area contributed by atoms with Gasteiger partial charge in [0.1, 0.15) is 18.3 Å². The fourth-order valence-electron chi connectivity index (χ4n) is 3.49. The molecular formula is C19H26ClN3O5. The van der Waals surface area contributed by atoms with Gasteiger partial charge in [-0.2, -0.15) is 0 Å². The number of halogens is 1. The van der Waals surface area contributed by atoms with Crippen molar-refractivity contribution in [3.05, 3.63) is 29.3 Å². The minimum atomic E-state index is -0.861. The van der Waals surface area contributed by atoms with Crippen LogP contribution in [0.4, 0.5) is 10.5 Å². The number of fused-ring (bicyclic) bond motifs is 1. The number of benzene rings is 1. The predicted molar refractivity (Wildman–Crippen MR) is 104 cm³/mol. The number of ether oxygens (including phenoxy) is 2. The van der Waals surface area contributed by atoms with Gasteiger partial charge in [0.2, 0.25) is 5.91 Å². The van der Waals surface area contributed by atoms with Gasteiger partial charge in [0.15, 0.2) is 0 Å². The lowest BCUT2D eigenvalue weighted by Crippen LogP contribution is -2.42. The van der Waals surface area contributed by atoms with Crippen LogP contribution >= 0.6 is 11.6 Å². The number of nitrogens with one attached hydrogen (secondary N) is 3. The number of amides is 3. The lowest BCUT2D eigenvalue weighted by molar-refractivity contribution is -0.124. The van der Waals surface area contributed by atoms with E-state index in [2.05, 4.69) is 16.0 Å². The minimum absolute atomic E-state index is 0.0581. The fourth-order valence-corrected chi connectivity index (χ4v) is 3.68. The Kier molecular flexibility index (Phi) is 7.12. The molecule has 2 aliphatic rings. The van der Waals surface area contributed by atoms with Crippen molar-refractivity contribution in [1.82, 2.24) is 10.6 Å². The third-order valence-corrected chi connectivity index (χ3v) is 5.04. The van der Waals surface area contributed by atoms with E-state index in [1.54, 1.807) is 24.3 Å². The van der Waals surface area contributed by atoms with Gasteiger partial charge in [-0.15, -0.1) is 0 Å². The third kappa shape index (κ3) is 5.35. The van der Waals surface area contributed by atoms with E-state index in [0.717, 1.165) is 6.42 Å². The molecule has 1 aromatic carbocycles. The van der Waals surface area contributed by atoms with E-state index >= 15 is 0 Å². The highest BCUT2D eigenvalue weighted by atomic mass is 35.5. The molecule has 0 saturated carbocycles. The molecule has 3 rings (SSSR count). The van der Waals surface area contributed by atoms with E-state index in [0.29, 0.717) is 23.7 Å². The summed E-state index contributed by atoms with van der Waals surface area (Å²) in [5, 5.41) is 19.1. The maximum Gasteiger partial charge on any atom is 0.319 e. The van der Waals surface area contributed by atoms with Gasteiger partial charge in [-0.05, 0) is 24.6 Å². The monoisotopic (exact) mass is 411 g/mol. The Balaban J connectivity index is 1.41. The summed E-state index contributed by atoms with van der Waals surface area (Å²) in [7, 11) is 0. The molecule has 154 valence electrons. The number of rotatable bonds is 7. The lowest BCUT2D eigenvalue weighted by atomic mass is 10.1. The first-order valence-electron chi connectivity index (χ1n) is 9.52. The van der Waals surface area contributed by atoms with Crippen molar-refractivity contribution < 1.29 is 24.2 Å². The summed E-state index contributed by atoms with van der Waals surface area (Å²) >= 11 is 5.89. The first-order valence-corrected chi connectivity index (χ1v) is 9.90. The number of anilines is 1. The maximum atomic E-state index is 12.0. The molecule has 5 atom stereocenters. The van der Waals surface area contributed by atoms with Crippen LogP contribution in [-0.2, 0) is 14.3 Å². The highest BCUT2D eigenvalue weighted by Gasteiger charge is 2.50. The summed E-state index contributed by atoms with van der Waals surface area (Å²) in [6, 6.07) is 6.39. The van der Waals surface area contributed by atoms with Gasteiger partial charge >= 0.3 is 6.03 Å². The summed E-state index contributed by atoms with van der Waals surface area (Å²) in [6.45, 7) is 2.78. The highest BCUT2D eigenvalue weighted by Crippen LogP contribution is 2.35. The van der Waals surface area contributed by atoms with Crippen molar-refractivity contribution in [2.45, 2.75) is 56.7 Å². The Labute approximate surface area is 168 Å². The topological polar surface area (TPSA) is 109 Å². The molecule has 0 aromatic heterocycles. The van der Waals surface area contributed by atoms with E-state index in [9.17, 15) is 14.7 Å². The van der Waals surface area contributed by atoms with Crippen molar-refractivity contribution in [3.8, 4) is 0 Å². The van der Waals surface area contributed by atoms with Crippen molar-refractivity contribution in [1.29, 1.82) is 0 Å². The Morgan fingerprint density at radius 3 is 2.82 bits per heavy atom. The molecule has 4 N–H and O–H groups in total. The largest absolute Gasteiger partial charge is 0.388 e. The average Bonchev–Trinajstić information content (AvgIpc) is 3.17. The molecule has 9 heteroatoms. The molecule has 8 nitrogen and oxygen atoms in total. The van der Waals surface area contributed by atoms with Crippen molar-refractivity contribution in [2.75, 3.05) is 18.4 Å². The van der Waals surface area contributed by atoms with Crippen molar-refractivity contribution >= 4 is 29.2 Å². The molecule has 0 aliphatic carbocycles. The van der Waals surface area contributed by atoms with Gasteiger partial charge in [0, 0.05) is 30.2 Å². The first kappa shape index (κ1) is 20.9. The van der Waals surface area contributed by atoms with Crippen LogP contribution in [0.1, 0.15) is 26.2 Å². The molecule has 2 fully saturated rings. The van der Waals surface area contributed by atoms with Crippen LogP contribution in [0.2, 0.25) is 5.02 Å². The number of hydrogen-bond donors (Lipinski definition) is 4. The van der Waals surface area contributed by atoms with Crippen molar-refractivity contribution in [2.24, 2.45) is 0 Å². The molecule has 28 heavy (non-hydrogen) atoms. The molecule has 1 aromatic rings. The van der Waals surface area contributed by atoms with Gasteiger partial charge in [-0.1, -0.05) is 24.6 Å². The van der Waals surface area contributed by atoms with E-state index in [1.807, 2.05) is 6.92 Å². The van der Waals surface area contributed by atoms with Gasteiger partial charge in [0.25, 0.3) is 0 Å². The van der Waals surface area contributed by atoms with Gasteiger partial charge in [-0.3, -0.25) is 4.79 Å². The van der Waals surface area contributed by atoms with Crippen LogP contribution in [0, 0.1) is 0 Å². The zero-order valence-electron chi connectivity index (χ0n) is 15.7. The Morgan fingerprint density at radius 2 is 2.11 bits per heavy atom. The molecule has 2 aliphatic heterocycles. The molecule has 2 heterocycles. The number of aliphatic hydroxyl groups excluding tert-OH is 1. The molecule has 0 unspecified atom stereocenters. The van der Waals surface area contributed by atoms with Crippen LogP contribution < -0.4 is 16.0 Å². The molecule has 0 spiro atoms. The van der Waals surface area contributed by atoms with E-state index < -0.39 is 24.3 Å². The van der Waals surface area contributed by atoms with Gasteiger partial charge in [0.05, 0.1) is 18.6 Å². The predicted octanol–water partition coefficient (Wildman–Crippen LogP) is 1.66. The number of aliphatic hydroxyl groups is 1. The van der Waals surface area contributed by atoms with Crippen LogP contribution in [-0.4, -0.2) is 60.7 Å². The van der Waals surface area contributed by atoms with Crippen LogP contribution in [0.15, 0.2) is 24.3 Å². The SMILES string of the molecule is CCCNC(=O)C[C@@H]1C[C@H]2O[C@H](CNC(=O)Nc3cccc(Cl)c3)[C@@H](O)[C@H]2O1. The molecule has 0 bridgehead atoms. The summed E-state index contributed by atoms with van der Waals surface area (Å²) < 4.78 is 11.7. The van der Waals surface area contributed by atoms with Crippen LogP contribution in [0.5, 0.6) is 0 Å². The van der Waals surface area contributed by atoms with E-state index in [1.165, 1.54) is 0 Å². The molecule has 0 radical (unpaired) electrons. The Hall–Kier alpha value is -1.87. The summed E-state index contributed by atoms with van der Waals surface area (Å²) in [5.74, 6) is -0.0581. The summed E-state index contributed by atoms with van der Waals surface area (Å²) in [6.07, 6.45) is -0.755. The quantitative estimate of drug-likeness (QED) is 0.545. The number of carbonyl (C=O) groups excluding carboxylic acids is 2. The fraction of sp³-hybridized carbons (Fsp3) is 0.579. The first-order chi connectivity index (χ1) is 13.5. The Bertz CT molecular complexity index is 704. The van der Waals surface area contributed by atoms with Gasteiger partial charge in [-0.25, -0.2) is 4.79 Å². The molecule has 2 saturated heterocycles. The standard InChI is InChI=1S/C19H26ClN3O5/c1-2-6-21-16(24)9-13-8-14-18(27-13)17(25)15(28-14)10-22-19(26)23-12-5-3-4-11(20)7-12/h3-5,7,13-15,17-18,25H,2,6,8-10H2,1H3,(H,21,24)(H2,22,23,26)/t13-,14+,15+,17+,18-/m0/s1. The van der Waals surface area contributed by atoms with Gasteiger partial charge < -0.3 is 30.5 Å². The summed E-state index contributed by atoms with van der Waals surface area (Å²) in [4.78, 5) is 23.8. The second-order valence-corrected chi connectivity index (χ2v) is 7.50. The number of hydrogen-bond acceptors (Lipinski definition) is 5. The lowest BCUT2D eigenvalue weighted by Gasteiger charge is -2.20. The normalized spacial score (nSPS) is 28.6. The zero-order valence-corrected chi connectivity index (χ0v) is 16.4. The van der Waals surface area contributed by atoms with Crippen LogP contribution in [0.25, 0.3) is 0 Å². The third-order valence-electron chi connectivity index (χ3n) is 4.81.